The minimum atomic E-state index is 0.775. The standard InChI is InChI=1S/C21H21N/c1-2-6-16(7-3-1)17-10-12-18(13-11-17)19-14-15-22-21-9-5-4-8-20(19)21/h4-5,8-16H,1-3,6-7H2. The molecule has 0 bridgehead atoms. The third-order valence-corrected chi connectivity index (χ3v) is 4.95. The number of benzene rings is 2. The Kier molecular flexibility index (Phi) is 3.64. The van der Waals surface area contributed by atoms with Crippen molar-refractivity contribution in [1.82, 2.24) is 4.98 Å². The van der Waals surface area contributed by atoms with Gasteiger partial charge in [0, 0.05) is 11.6 Å². The van der Waals surface area contributed by atoms with Crippen molar-refractivity contribution < 1.29 is 0 Å². The second-order valence-electron chi connectivity index (χ2n) is 6.33. The zero-order valence-electron chi connectivity index (χ0n) is 12.8. The highest BCUT2D eigenvalue weighted by atomic mass is 14.6. The number of pyridine rings is 1. The van der Waals surface area contributed by atoms with E-state index in [0.29, 0.717) is 0 Å². The van der Waals surface area contributed by atoms with Crippen LogP contribution in [0.25, 0.3) is 22.0 Å². The van der Waals surface area contributed by atoms with Crippen LogP contribution in [0, 0.1) is 0 Å². The van der Waals surface area contributed by atoms with Gasteiger partial charge in [0.15, 0.2) is 0 Å². The van der Waals surface area contributed by atoms with Crippen LogP contribution in [0.2, 0.25) is 0 Å². The zero-order valence-corrected chi connectivity index (χ0v) is 12.8. The summed E-state index contributed by atoms with van der Waals surface area (Å²) in [6.45, 7) is 0. The van der Waals surface area contributed by atoms with Crippen LogP contribution in [0.15, 0.2) is 60.8 Å². The van der Waals surface area contributed by atoms with Crippen molar-refractivity contribution in [3.05, 3.63) is 66.4 Å². The van der Waals surface area contributed by atoms with Gasteiger partial charge < -0.3 is 0 Å². The van der Waals surface area contributed by atoms with E-state index in [0.717, 1.165) is 11.4 Å². The first-order valence-corrected chi connectivity index (χ1v) is 8.36. The van der Waals surface area contributed by atoms with Crippen molar-refractivity contribution in [1.29, 1.82) is 0 Å². The second kappa shape index (κ2) is 5.92. The Morgan fingerprint density at radius 3 is 2.36 bits per heavy atom. The van der Waals surface area contributed by atoms with E-state index in [1.54, 1.807) is 0 Å². The molecule has 0 atom stereocenters. The second-order valence-corrected chi connectivity index (χ2v) is 6.33. The monoisotopic (exact) mass is 287 g/mol. The molecule has 1 aromatic heterocycles. The summed E-state index contributed by atoms with van der Waals surface area (Å²) in [6.07, 6.45) is 8.82. The SMILES string of the molecule is c1ccc2c(-c3ccc(C4CCCCC4)cc3)ccnc2c1. The van der Waals surface area contributed by atoms with Crippen molar-refractivity contribution in [3.63, 3.8) is 0 Å². The van der Waals surface area contributed by atoms with Gasteiger partial charge in [0.25, 0.3) is 0 Å². The molecule has 4 rings (SSSR count). The highest BCUT2D eigenvalue weighted by Crippen LogP contribution is 2.34. The average Bonchev–Trinajstić information content (AvgIpc) is 2.62. The smallest absolute Gasteiger partial charge is 0.0708 e. The van der Waals surface area contributed by atoms with E-state index in [9.17, 15) is 0 Å². The Bertz CT molecular complexity index is 762. The lowest BCUT2D eigenvalue weighted by atomic mass is 9.83. The van der Waals surface area contributed by atoms with Crippen molar-refractivity contribution in [2.75, 3.05) is 0 Å². The number of fused-ring (bicyclic) bond motifs is 1. The predicted octanol–water partition coefficient (Wildman–Crippen LogP) is 5.95. The lowest BCUT2D eigenvalue weighted by Gasteiger charge is -2.22. The number of para-hydroxylation sites is 1. The Morgan fingerprint density at radius 2 is 1.55 bits per heavy atom. The van der Waals surface area contributed by atoms with Crippen molar-refractivity contribution in [2.24, 2.45) is 0 Å². The van der Waals surface area contributed by atoms with Gasteiger partial charge in [-0.25, -0.2) is 0 Å². The number of hydrogen-bond acceptors (Lipinski definition) is 1. The van der Waals surface area contributed by atoms with Crippen LogP contribution in [-0.4, -0.2) is 4.98 Å². The van der Waals surface area contributed by atoms with E-state index >= 15 is 0 Å². The van der Waals surface area contributed by atoms with Gasteiger partial charge in [-0.15, -0.1) is 0 Å². The molecular formula is C21H21N. The van der Waals surface area contributed by atoms with Gasteiger partial charge >= 0.3 is 0 Å². The molecule has 0 unspecified atom stereocenters. The summed E-state index contributed by atoms with van der Waals surface area (Å²) in [7, 11) is 0. The molecule has 1 heteroatoms. The van der Waals surface area contributed by atoms with Gasteiger partial charge in [0.05, 0.1) is 5.52 Å². The van der Waals surface area contributed by atoms with Crippen molar-refractivity contribution in [3.8, 4) is 11.1 Å². The van der Waals surface area contributed by atoms with Crippen molar-refractivity contribution >= 4 is 10.9 Å². The zero-order chi connectivity index (χ0) is 14.8. The first kappa shape index (κ1) is 13.5. The minimum Gasteiger partial charge on any atom is -0.256 e. The fourth-order valence-corrected chi connectivity index (χ4v) is 3.72. The number of nitrogens with zero attached hydrogens (tertiary/aromatic N) is 1. The molecule has 0 radical (unpaired) electrons. The molecule has 3 aromatic rings. The summed E-state index contributed by atoms with van der Waals surface area (Å²) in [4.78, 5) is 4.46. The number of rotatable bonds is 2. The molecule has 1 heterocycles. The number of aromatic nitrogens is 1. The highest BCUT2D eigenvalue weighted by Gasteiger charge is 2.15. The quantitative estimate of drug-likeness (QED) is 0.567. The summed E-state index contributed by atoms with van der Waals surface area (Å²) >= 11 is 0. The molecule has 0 saturated heterocycles. The highest BCUT2D eigenvalue weighted by molar-refractivity contribution is 5.94. The van der Waals surface area contributed by atoms with E-state index in [-0.39, 0.29) is 0 Å². The van der Waals surface area contributed by atoms with Crippen LogP contribution in [0.4, 0.5) is 0 Å². The van der Waals surface area contributed by atoms with Gasteiger partial charge in [-0.2, -0.15) is 0 Å². The van der Waals surface area contributed by atoms with E-state index in [4.69, 9.17) is 0 Å². The molecule has 1 nitrogen and oxygen atoms in total. The average molecular weight is 287 g/mol. The third kappa shape index (κ3) is 2.52. The minimum absolute atomic E-state index is 0.775. The van der Waals surface area contributed by atoms with Crippen LogP contribution in [0.5, 0.6) is 0 Å². The van der Waals surface area contributed by atoms with E-state index < -0.39 is 0 Å². The first-order valence-electron chi connectivity index (χ1n) is 8.36. The lowest BCUT2D eigenvalue weighted by molar-refractivity contribution is 0.443. The lowest BCUT2D eigenvalue weighted by Crippen LogP contribution is -2.04. The molecule has 2 aromatic carbocycles. The Labute approximate surface area is 132 Å². The van der Waals surface area contributed by atoms with Crippen LogP contribution < -0.4 is 0 Å². The molecular weight excluding hydrogens is 266 g/mol. The molecule has 1 aliphatic carbocycles. The maximum atomic E-state index is 4.46. The Hall–Kier alpha value is -2.15. The van der Waals surface area contributed by atoms with Crippen LogP contribution in [0.3, 0.4) is 0 Å². The molecule has 1 aliphatic rings. The van der Waals surface area contributed by atoms with Crippen LogP contribution in [0.1, 0.15) is 43.6 Å². The molecule has 0 amide bonds. The predicted molar refractivity (Wildman–Crippen MR) is 93.0 cm³/mol. The molecule has 0 aliphatic heterocycles. The van der Waals surface area contributed by atoms with E-state index in [1.165, 1.54) is 54.2 Å². The van der Waals surface area contributed by atoms with E-state index in [1.807, 2.05) is 12.3 Å². The van der Waals surface area contributed by atoms with Crippen LogP contribution in [-0.2, 0) is 0 Å². The van der Waals surface area contributed by atoms with Gasteiger partial charge in [0.1, 0.15) is 0 Å². The Morgan fingerprint density at radius 1 is 0.773 bits per heavy atom. The maximum Gasteiger partial charge on any atom is 0.0708 e. The normalized spacial score (nSPS) is 16.0. The van der Waals surface area contributed by atoms with Gasteiger partial charge in [-0.05, 0) is 47.6 Å². The molecule has 1 saturated carbocycles. The fourth-order valence-electron chi connectivity index (χ4n) is 3.72. The summed E-state index contributed by atoms with van der Waals surface area (Å²) < 4.78 is 0. The Balaban J connectivity index is 1.70. The molecule has 0 N–H and O–H groups in total. The molecule has 110 valence electrons. The van der Waals surface area contributed by atoms with Gasteiger partial charge in [-0.3, -0.25) is 4.98 Å². The molecule has 1 fully saturated rings. The first-order chi connectivity index (χ1) is 10.9. The summed E-state index contributed by atoms with van der Waals surface area (Å²) in [5.74, 6) is 0.775. The third-order valence-electron chi connectivity index (χ3n) is 4.95. The van der Waals surface area contributed by atoms with Crippen LogP contribution >= 0.6 is 0 Å². The summed E-state index contributed by atoms with van der Waals surface area (Å²) in [5, 5.41) is 1.23. The van der Waals surface area contributed by atoms with Gasteiger partial charge in [0.2, 0.25) is 0 Å². The fraction of sp³-hybridized carbons (Fsp3) is 0.286. The number of hydrogen-bond donors (Lipinski definition) is 0. The molecule has 0 spiro atoms. The van der Waals surface area contributed by atoms with Gasteiger partial charge in [-0.1, -0.05) is 61.7 Å². The summed E-state index contributed by atoms with van der Waals surface area (Å²) in [6, 6.07) is 19.7. The maximum absolute atomic E-state index is 4.46. The topological polar surface area (TPSA) is 12.9 Å². The van der Waals surface area contributed by atoms with E-state index in [2.05, 4.69) is 53.5 Å². The largest absolute Gasteiger partial charge is 0.256 e. The van der Waals surface area contributed by atoms with Crippen molar-refractivity contribution in [2.45, 2.75) is 38.0 Å². The summed E-state index contributed by atoms with van der Waals surface area (Å²) in [5.41, 5.74) is 5.15. The molecule has 22 heavy (non-hydrogen) atoms.